The molecule has 0 aliphatic carbocycles. The second-order valence-electron chi connectivity index (χ2n) is 10.2. The summed E-state index contributed by atoms with van der Waals surface area (Å²) in [6.45, 7) is 1.84. The summed E-state index contributed by atoms with van der Waals surface area (Å²) in [4.78, 5) is 26.3. The van der Waals surface area contributed by atoms with Crippen LogP contribution in [0.5, 0.6) is 11.5 Å². The molecule has 6 aromatic carbocycles. The third kappa shape index (κ3) is 5.56. The van der Waals surface area contributed by atoms with Gasteiger partial charge >= 0.3 is 0 Å². The molecule has 8 nitrogen and oxygen atoms in total. The van der Waals surface area contributed by atoms with Crippen LogP contribution in [0.25, 0.3) is 21.5 Å². The number of nitrogens with zero attached hydrogens (tertiary/aromatic N) is 2. The number of azo groups is 1. The van der Waals surface area contributed by atoms with Gasteiger partial charge in [0.2, 0.25) is 0 Å². The molecule has 8 heteroatoms. The predicted octanol–water partition coefficient (Wildman–Crippen LogP) is 8.94. The molecule has 0 aliphatic rings. The van der Waals surface area contributed by atoms with E-state index >= 15 is 0 Å². The van der Waals surface area contributed by atoms with E-state index in [2.05, 4.69) is 20.9 Å². The summed E-state index contributed by atoms with van der Waals surface area (Å²) < 4.78 is 5.57. The van der Waals surface area contributed by atoms with Gasteiger partial charge in [-0.05, 0) is 53.6 Å². The maximum atomic E-state index is 13.5. The maximum Gasteiger partial charge on any atom is 0.259 e. The third-order valence-corrected chi connectivity index (χ3v) is 7.35. The van der Waals surface area contributed by atoms with Crippen LogP contribution in [0.4, 0.5) is 22.7 Å². The molecule has 2 amide bonds. The highest BCUT2D eigenvalue weighted by Gasteiger charge is 2.20. The average molecular weight is 581 g/mol. The molecule has 6 aromatic rings. The van der Waals surface area contributed by atoms with Crippen LogP contribution in [0, 0.1) is 6.92 Å². The number of carbonyl (C=O) groups excluding carboxylic acids is 2. The van der Waals surface area contributed by atoms with Crippen LogP contribution in [0.15, 0.2) is 125 Å². The lowest BCUT2D eigenvalue weighted by Gasteiger charge is -2.13. The lowest BCUT2D eigenvalue weighted by molar-refractivity contribution is 0.101. The smallest absolute Gasteiger partial charge is 0.259 e. The fourth-order valence-electron chi connectivity index (χ4n) is 5.05. The van der Waals surface area contributed by atoms with Crippen molar-refractivity contribution < 1.29 is 19.4 Å². The second kappa shape index (κ2) is 12.1. The number of aromatic hydroxyl groups is 1. The Morgan fingerprint density at radius 1 is 0.682 bits per heavy atom. The van der Waals surface area contributed by atoms with Crippen LogP contribution < -0.4 is 15.4 Å². The molecule has 44 heavy (non-hydrogen) atoms. The number of phenolic OH excluding ortho intramolecular Hbond substituents is 1. The number of methoxy groups -OCH3 is 1. The molecular weight excluding hydrogens is 552 g/mol. The number of nitrogens with one attached hydrogen (secondary N) is 2. The minimum Gasteiger partial charge on any atom is -0.505 e. The quantitative estimate of drug-likeness (QED) is 0.164. The third-order valence-electron chi connectivity index (χ3n) is 7.35. The Morgan fingerprint density at radius 2 is 1.34 bits per heavy atom. The number of anilines is 2. The van der Waals surface area contributed by atoms with Gasteiger partial charge in [-0.1, -0.05) is 78.9 Å². The fourth-order valence-corrected chi connectivity index (χ4v) is 5.05. The van der Waals surface area contributed by atoms with Gasteiger partial charge in [-0.15, -0.1) is 10.2 Å². The van der Waals surface area contributed by atoms with E-state index in [1.807, 2.05) is 73.7 Å². The highest BCUT2D eigenvalue weighted by atomic mass is 16.5. The number of amides is 2. The van der Waals surface area contributed by atoms with Crippen molar-refractivity contribution >= 4 is 56.1 Å². The Hall–Kier alpha value is -6.02. The topological polar surface area (TPSA) is 112 Å². The molecule has 216 valence electrons. The highest BCUT2D eigenvalue weighted by Crippen LogP contribution is 2.41. The molecule has 0 saturated heterocycles. The van der Waals surface area contributed by atoms with Gasteiger partial charge in [-0.3, -0.25) is 9.59 Å². The minimum atomic E-state index is -0.479. The van der Waals surface area contributed by atoms with Gasteiger partial charge in [-0.2, -0.15) is 0 Å². The molecule has 0 heterocycles. The summed E-state index contributed by atoms with van der Waals surface area (Å²) in [5.74, 6) is -0.655. The number of ether oxygens (including phenoxy) is 1. The van der Waals surface area contributed by atoms with Crippen molar-refractivity contribution in [3.63, 3.8) is 0 Å². The van der Waals surface area contributed by atoms with E-state index in [0.717, 1.165) is 16.3 Å². The molecule has 0 saturated carbocycles. The summed E-state index contributed by atoms with van der Waals surface area (Å²) in [6, 6.07) is 34.7. The largest absolute Gasteiger partial charge is 0.505 e. The van der Waals surface area contributed by atoms with Gasteiger partial charge in [0.25, 0.3) is 11.8 Å². The predicted molar refractivity (Wildman–Crippen MR) is 174 cm³/mol. The van der Waals surface area contributed by atoms with Crippen LogP contribution in [-0.2, 0) is 0 Å². The Labute approximate surface area is 253 Å². The van der Waals surface area contributed by atoms with Gasteiger partial charge in [0, 0.05) is 33.8 Å². The molecule has 0 aliphatic heterocycles. The summed E-state index contributed by atoms with van der Waals surface area (Å²) in [6.07, 6.45) is 0. The number of benzene rings is 6. The number of aryl methyl sites for hydroxylation is 1. The molecule has 0 fully saturated rings. The van der Waals surface area contributed by atoms with E-state index in [-0.39, 0.29) is 22.9 Å². The van der Waals surface area contributed by atoms with E-state index in [1.54, 1.807) is 48.5 Å². The highest BCUT2D eigenvalue weighted by molar-refractivity contribution is 6.14. The fraction of sp³-hybridized carbons (Fsp3) is 0.0556. The van der Waals surface area contributed by atoms with Crippen LogP contribution in [-0.4, -0.2) is 24.0 Å². The van der Waals surface area contributed by atoms with Gasteiger partial charge in [0.05, 0.1) is 12.7 Å². The Balaban J connectivity index is 1.35. The lowest BCUT2D eigenvalue weighted by Crippen LogP contribution is -2.12. The van der Waals surface area contributed by atoms with Crippen molar-refractivity contribution in [2.75, 3.05) is 17.7 Å². The van der Waals surface area contributed by atoms with Crippen molar-refractivity contribution in [1.82, 2.24) is 0 Å². The molecule has 0 aromatic heterocycles. The summed E-state index contributed by atoms with van der Waals surface area (Å²) in [7, 11) is 1.50. The van der Waals surface area contributed by atoms with Gasteiger partial charge in [0.15, 0.2) is 5.75 Å². The molecule has 0 unspecified atom stereocenters. The Kier molecular flexibility index (Phi) is 7.71. The summed E-state index contributed by atoms with van der Waals surface area (Å²) in [5.41, 5.74) is 3.05. The van der Waals surface area contributed by atoms with Crippen LogP contribution in [0.2, 0.25) is 0 Å². The average Bonchev–Trinajstić information content (AvgIpc) is 3.05. The molecule has 6 rings (SSSR count). The molecule has 0 bridgehead atoms. The first-order valence-electron chi connectivity index (χ1n) is 13.9. The number of fused-ring (bicyclic) bond motifs is 2. The van der Waals surface area contributed by atoms with E-state index < -0.39 is 5.91 Å². The first kappa shape index (κ1) is 28.1. The molecule has 3 N–H and O–H groups in total. The molecule has 0 spiro atoms. The van der Waals surface area contributed by atoms with Crippen molar-refractivity contribution in [2.45, 2.75) is 6.92 Å². The maximum absolute atomic E-state index is 13.5. The Bertz CT molecular complexity index is 2070. The second-order valence-corrected chi connectivity index (χ2v) is 10.2. The van der Waals surface area contributed by atoms with E-state index in [1.165, 1.54) is 7.11 Å². The van der Waals surface area contributed by atoms with Gasteiger partial charge in [-0.25, -0.2) is 0 Å². The number of hydrogen-bond donors (Lipinski definition) is 3. The first-order valence-corrected chi connectivity index (χ1v) is 13.9. The molecular formula is C36H28N4O4. The SMILES string of the molecule is COc1cc(NC(=O)c2ccccc2)c(C)cc1N=Nc1c(O)c(C(=O)Nc2cccc3ccccc23)cc2ccccc12. The van der Waals surface area contributed by atoms with Gasteiger partial charge < -0.3 is 20.5 Å². The standard InChI is InChI=1S/C36H28N4O4/c1-22-19-31(32(44-2)21-30(22)38-35(42)24-12-4-3-5-13-24)39-40-33-27-17-9-7-14-25(27)20-28(34(33)41)36(43)37-29-18-10-15-23-11-6-8-16-26(23)29/h3-21,41H,1-2H3,(H,37,43)(H,38,42). The van der Waals surface area contributed by atoms with E-state index in [0.29, 0.717) is 39.1 Å². The van der Waals surface area contributed by atoms with Crippen molar-refractivity contribution in [2.24, 2.45) is 10.2 Å². The first-order chi connectivity index (χ1) is 21.4. The van der Waals surface area contributed by atoms with Crippen molar-refractivity contribution in [3.05, 3.63) is 132 Å². The number of carbonyl (C=O) groups is 2. The van der Waals surface area contributed by atoms with Crippen molar-refractivity contribution in [3.8, 4) is 11.5 Å². The van der Waals surface area contributed by atoms with Gasteiger partial charge in [0.1, 0.15) is 17.1 Å². The number of hydrogen-bond acceptors (Lipinski definition) is 6. The normalized spacial score (nSPS) is 11.1. The van der Waals surface area contributed by atoms with Crippen LogP contribution in [0.1, 0.15) is 26.3 Å². The zero-order chi connectivity index (χ0) is 30.6. The van der Waals surface area contributed by atoms with Crippen molar-refractivity contribution in [1.29, 1.82) is 0 Å². The zero-order valence-electron chi connectivity index (χ0n) is 24.0. The lowest BCUT2D eigenvalue weighted by atomic mass is 10.0. The van der Waals surface area contributed by atoms with E-state index in [4.69, 9.17) is 4.74 Å². The zero-order valence-corrected chi connectivity index (χ0v) is 24.0. The minimum absolute atomic E-state index is 0.0627. The monoisotopic (exact) mass is 580 g/mol. The number of rotatable bonds is 7. The van der Waals surface area contributed by atoms with Crippen LogP contribution >= 0.6 is 0 Å². The molecule has 0 atom stereocenters. The Morgan fingerprint density at radius 3 is 2.11 bits per heavy atom. The van der Waals surface area contributed by atoms with Crippen LogP contribution in [0.3, 0.4) is 0 Å². The molecule has 0 radical (unpaired) electrons. The summed E-state index contributed by atoms with van der Waals surface area (Å²) in [5, 5.41) is 29.3. The summed E-state index contributed by atoms with van der Waals surface area (Å²) >= 11 is 0. The number of phenols is 1. The van der Waals surface area contributed by atoms with E-state index in [9.17, 15) is 14.7 Å².